The second kappa shape index (κ2) is 7.21. The Hall–Kier alpha value is -2.44. The molecule has 0 saturated heterocycles. The quantitative estimate of drug-likeness (QED) is 0.615. The molecule has 0 radical (unpaired) electrons. The van der Waals surface area contributed by atoms with E-state index in [4.69, 9.17) is 23.2 Å². The van der Waals surface area contributed by atoms with Crippen molar-refractivity contribution in [2.24, 2.45) is 0 Å². The monoisotopic (exact) mass is 378 g/mol. The Balaban J connectivity index is 1.79. The van der Waals surface area contributed by atoms with Crippen LogP contribution < -0.4 is 16.2 Å². The number of aromatic nitrogens is 2. The molecule has 3 aromatic rings. The van der Waals surface area contributed by atoms with Gasteiger partial charge < -0.3 is 10.6 Å². The summed E-state index contributed by atoms with van der Waals surface area (Å²) < 4.78 is 1.80. The van der Waals surface area contributed by atoms with Crippen LogP contribution in [-0.2, 0) is 6.54 Å². The second-order valence-electron chi connectivity index (χ2n) is 5.53. The van der Waals surface area contributed by atoms with E-state index in [-0.39, 0.29) is 5.56 Å². The van der Waals surface area contributed by atoms with Crippen molar-refractivity contribution in [2.75, 3.05) is 10.6 Å². The van der Waals surface area contributed by atoms with Crippen LogP contribution in [0.1, 0.15) is 13.3 Å². The van der Waals surface area contributed by atoms with Crippen LogP contribution in [0.5, 0.6) is 0 Å². The Morgan fingerprint density at radius 2 is 1.96 bits per heavy atom. The van der Waals surface area contributed by atoms with Gasteiger partial charge in [0.1, 0.15) is 0 Å². The minimum atomic E-state index is -0.465. The first-order valence-electron chi connectivity index (χ1n) is 7.73. The Labute approximate surface area is 153 Å². The molecular formula is C17H16Cl2N4O2. The molecular weight excluding hydrogens is 363 g/mol. The summed E-state index contributed by atoms with van der Waals surface area (Å²) in [6.07, 6.45) is 0.907. The lowest BCUT2D eigenvalue weighted by molar-refractivity contribution is 0.262. The molecule has 25 heavy (non-hydrogen) atoms. The van der Waals surface area contributed by atoms with Gasteiger partial charge in [0, 0.05) is 17.3 Å². The van der Waals surface area contributed by atoms with Gasteiger partial charge in [-0.25, -0.2) is 4.79 Å². The Bertz CT molecular complexity index is 994. The highest BCUT2D eigenvalue weighted by atomic mass is 35.5. The van der Waals surface area contributed by atoms with Gasteiger partial charge in [-0.3, -0.25) is 14.6 Å². The fraction of sp³-hybridized carbons (Fsp3) is 0.176. The molecule has 3 N–H and O–H groups in total. The molecule has 0 fully saturated rings. The lowest BCUT2D eigenvalue weighted by Crippen LogP contribution is -2.19. The summed E-state index contributed by atoms with van der Waals surface area (Å²) in [5, 5.41) is 9.47. The number of aromatic amines is 1. The molecule has 0 aliphatic rings. The van der Waals surface area contributed by atoms with Crippen LogP contribution in [0.4, 0.5) is 16.2 Å². The number of halogens is 2. The summed E-state index contributed by atoms with van der Waals surface area (Å²) in [6, 6.07) is 9.50. The van der Waals surface area contributed by atoms with Crippen molar-refractivity contribution in [1.82, 2.24) is 9.78 Å². The molecule has 0 bridgehead atoms. The number of rotatable bonds is 4. The van der Waals surface area contributed by atoms with Gasteiger partial charge in [0.05, 0.1) is 21.6 Å². The van der Waals surface area contributed by atoms with Crippen LogP contribution in [-0.4, -0.2) is 15.8 Å². The maximum Gasteiger partial charge on any atom is 0.323 e. The van der Waals surface area contributed by atoms with Crippen LogP contribution in [0.2, 0.25) is 10.0 Å². The molecule has 8 heteroatoms. The SMILES string of the molecule is CCCn1[nH]c(=O)c2cc(NC(=O)Nc3ccc(Cl)cc3Cl)ccc21. The number of benzene rings is 2. The number of hydrogen-bond acceptors (Lipinski definition) is 2. The van der Waals surface area contributed by atoms with Gasteiger partial charge in [0.15, 0.2) is 0 Å². The van der Waals surface area contributed by atoms with E-state index in [1.165, 1.54) is 0 Å². The van der Waals surface area contributed by atoms with Crippen molar-refractivity contribution in [3.63, 3.8) is 0 Å². The summed E-state index contributed by atoms with van der Waals surface area (Å²) in [7, 11) is 0. The molecule has 0 atom stereocenters. The van der Waals surface area contributed by atoms with Crippen LogP contribution in [0.25, 0.3) is 10.9 Å². The third kappa shape index (κ3) is 3.81. The maximum atomic E-state index is 12.1. The average molecular weight is 379 g/mol. The fourth-order valence-corrected chi connectivity index (χ4v) is 3.01. The predicted octanol–water partition coefficient (Wildman–Crippen LogP) is 4.69. The Kier molecular flexibility index (Phi) is 5.01. The van der Waals surface area contributed by atoms with E-state index in [0.717, 1.165) is 18.5 Å². The third-order valence-electron chi connectivity index (χ3n) is 3.65. The molecule has 130 valence electrons. The first kappa shape index (κ1) is 17.4. The normalized spacial score (nSPS) is 10.8. The number of aryl methyl sites for hydroxylation is 1. The number of urea groups is 1. The van der Waals surface area contributed by atoms with E-state index in [2.05, 4.69) is 15.7 Å². The van der Waals surface area contributed by atoms with E-state index < -0.39 is 6.03 Å². The highest BCUT2D eigenvalue weighted by Crippen LogP contribution is 2.25. The molecule has 2 aromatic carbocycles. The van der Waals surface area contributed by atoms with Gasteiger partial charge in [-0.15, -0.1) is 0 Å². The van der Waals surface area contributed by atoms with E-state index in [1.54, 1.807) is 41.1 Å². The fourth-order valence-electron chi connectivity index (χ4n) is 2.55. The maximum absolute atomic E-state index is 12.1. The van der Waals surface area contributed by atoms with Gasteiger partial charge in [0.2, 0.25) is 0 Å². The minimum Gasteiger partial charge on any atom is -0.308 e. The van der Waals surface area contributed by atoms with Crippen LogP contribution >= 0.6 is 23.2 Å². The number of carbonyl (C=O) groups is 1. The minimum absolute atomic E-state index is 0.187. The van der Waals surface area contributed by atoms with Gasteiger partial charge in [-0.05, 0) is 42.8 Å². The van der Waals surface area contributed by atoms with E-state index in [1.807, 2.05) is 6.92 Å². The predicted molar refractivity (Wildman–Crippen MR) is 102 cm³/mol. The first-order valence-corrected chi connectivity index (χ1v) is 8.49. The van der Waals surface area contributed by atoms with Crippen molar-refractivity contribution >= 4 is 51.5 Å². The summed E-state index contributed by atoms with van der Waals surface area (Å²) in [5.74, 6) is 0. The lowest BCUT2D eigenvalue weighted by Gasteiger charge is -2.09. The summed E-state index contributed by atoms with van der Waals surface area (Å²) in [4.78, 5) is 24.2. The largest absolute Gasteiger partial charge is 0.323 e. The van der Waals surface area contributed by atoms with Crippen molar-refractivity contribution in [1.29, 1.82) is 0 Å². The van der Waals surface area contributed by atoms with Crippen molar-refractivity contribution < 1.29 is 4.79 Å². The Morgan fingerprint density at radius 3 is 2.68 bits per heavy atom. The molecule has 0 aliphatic carbocycles. The zero-order chi connectivity index (χ0) is 18.0. The molecule has 0 saturated carbocycles. The van der Waals surface area contributed by atoms with Gasteiger partial charge in [-0.2, -0.15) is 0 Å². The molecule has 3 rings (SSSR count). The van der Waals surface area contributed by atoms with Crippen LogP contribution in [0.3, 0.4) is 0 Å². The van der Waals surface area contributed by atoms with E-state index in [9.17, 15) is 9.59 Å². The zero-order valence-electron chi connectivity index (χ0n) is 13.4. The number of anilines is 2. The van der Waals surface area contributed by atoms with Crippen molar-refractivity contribution in [3.8, 4) is 0 Å². The number of carbonyl (C=O) groups excluding carboxylic acids is 1. The topological polar surface area (TPSA) is 78.9 Å². The summed E-state index contributed by atoms with van der Waals surface area (Å²) >= 11 is 11.9. The zero-order valence-corrected chi connectivity index (χ0v) is 14.9. The van der Waals surface area contributed by atoms with Crippen LogP contribution in [0, 0.1) is 0 Å². The molecule has 0 spiro atoms. The summed E-state index contributed by atoms with van der Waals surface area (Å²) in [6.45, 7) is 2.76. The number of H-pyrrole nitrogens is 1. The van der Waals surface area contributed by atoms with Gasteiger partial charge in [0.25, 0.3) is 5.56 Å². The highest BCUT2D eigenvalue weighted by Gasteiger charge is 2.10. The summed E-state index contributed by atoms with van der Waals surface area (Å²) in [5.41, 5.74) is 1.57. The molecule has 1 aromatic heterocycles. The van der Waals surface area contributed by atoms with Crippen LogP contribution in [0.15, 0.2) is 41.2 Å². The van der Waals surface area contributed by atoms with Gasteiger partial charge in [-0.1, -0.05) is 30.1 Å². The lowest BCUT2D eigenvalue weighted by atomic mass is 10.2. The highest BCUT2D eigenvalue weighted by molar-refractivity contribution is 6.36. The molecule has 2 amide bonds. The first-order chi connectivity index (χ1) is 12.0. The Morgan fingerprint density at radius 1 is 1.16 bits per heavy atom. The number of fused-ring (bicyclic) bond motifs is 1. The number of nitrogens with one attached hydrogen (secondary N) is 3. The molecule has 6 nitrogen and oxygen atoms in total. The smallest absolute Gasteiger partial charge is 0.308 e. The molecule has 1 heterocycles. The number of amides is 2. The molecule has 0 aliphatic heterocycles. The molecule has 0 unspecified atom stereocenters. The third-order valence-corrected chi connectivity index (χ3v) is 4.20. The second-order valence-corrected chi connectivity index (χ2v) is 6.37. The van der Waals surface area contributed by atoms with Crippen molar-refractivity contribution in [2.45, 2.75) is 19.9 Å². The van der Waals surface area contributed by atoms with Gasteiger partial charge >= 0.3 is 6.03 Å². The van der Waals surface area contributed by atoms with Crippen molar-refractivity contribution in [3.05, 3.63) is 56.8 Å². The number of nitrogens with zero attached hydrogens (tertiary/aromatic N) is 1. The van der Waals surface area contributed by atoms with E-state index in [0.29, 0.717) is 26.8 Å². The standard InChI is InChI=1S/C17H16Cl2N4O2/c1-2-7-23-15-6-4-11(9-12(15)16(24)22-23)20-17(25)21-14-5-3-10(18)8-13(14)19/h3-6,8-9H,2,7H2,1H3,(H,22,24)(H2,20,21,25). The van der Waals surface area contributed by atoms with E-state index >= 15 is 0 Å². The number of hydrogen-bond donors (Lipinski definition) is 3. The average Bonchev–Trinajstić information content (AvgIpc) is 2.86.